The van der Waals surface area contributed by atoms with Gasteiger partial charge in [0.25, 0.3) is 0 Å². The summed E-state index contributed by atoms with van der Waals surface area (Å²) in [6.45, 7) is 6.92. The lowest BCUT2D eigenvalue weighted by molar-refractivity contribution is 0.209. The maximum atomic E-state index is 4.20. The summed E-state index contributed by atoms with van der Waals surface area (Å²) in [6.07, 6.45) is 7.95. The van der Waals surface area contributed by atoms with E-state index < -0.39 is 0 Å². The molecule has 0 radical (unpaired) electrons. The minimum Gasteiger partial charge on any atom is -0.309 e. The predicted molar refractivity (Wildman–Crippen MR) is 88.3 cm³/mol. The summed E-state index contributed by atoms with van der Waals surface area (Å²) in [6, 6.07) is 9.10. The van der Waals surface area contributed by atoms with E-state index in [1.54, 1.807) is 0 Å². The second-order valence-corrected chi connectivity index (χ2v) is 6.16. The van der Waals surface area contributed by atoms with Crippen molar-refractivity contribution in [3.8, 4) is 0 Å². The Labute approximate surface area is 127 Å². The summed E-state index contributed by atoms with van der Waals surface area (Å²) >= 11 is 0. The van der Waals surface area contributed by atoms with Crippen molar-refractivity contribution in [1.29, 1.82) is 0 Å². The zero-order valence-corrected chi connectivity index (χ0v) is 12.9. The summed E-state index contributed by atoms with van der Waals surface area (Å²) in [7, 11) is 0. The molecule has 0 spiro atoms. The van der Waals surface area contributed by atoms with E-state index >= 15 is 0 Å². The van der Waals surface area contributed by atoms with Gasteiger partial charge in [-0.25, -0.2) is 0 Å². The average molecular weight is 283 g/mol. The van der Waals surface area contributed by atoms with Gasteiger partial charge >= 0.3 is 0 Å². The Bertz CT molecular complexity index is 570. The number of piperidine rings is 1. The van der Waals surface area contributed by atoms with E-state index in [0.29, 0.717) is 6.04 Å². The number of nitrogens with zero attached hydrogens (tertiary/aromatic N) is 2. The molecular formula is C18H25N3. The van der Waals surface area contributed by atoms with Crippen LogP contribution in [-0.4, -0.2) is 35.6 Å². The predicted octanol–water partition coefficient (Wildman–Crippen LogP) is 3.20. The number of pyridine rings is 1. The Morgan fingerprint density at radius 2 is 2.05 bits per heavy atom. The molecule has 0 saturated carbocycles. The van der Waals surface area contributed by atoms with Gasteiger partial charge in [0, 0.05) is 36.9 Å². The molecule has 1 saturated heterocycles. The molecule has 1 N–H and O–H groups in total. The highest BCUT2D eigenvalue weighted by molar-refractivity contribution is 5.84. The molecule has 1 atom stereocenters. The van der Waals surface area contributed by atoms with Crippen molar-refractivity contribution in [1.82, 2.24) is 15.2 Å². The van der Waals surface area contributed by atoms with Crippen LogP contribution in [0.4, 0.5) is 0 Å². The van der Waals surface area contributed by atoms with Crippen LogP contribution >= 0.6 is 0 Å². The van der Waals surface area contributed by atoms with Crippen molar-refractivity contribution < 1.29 is 0 Å². The van der Waals surface area contributed by atoms with Gasteiger partial charge < -0.3 is 10.2 Å². The van der Waals surface area contributed by atoms with Gasteiger partial charge in [0.05, 0.1) is 0 Å². The number of fused-ring (bicyclic) bond motifs is 1. The molecule has 112 valence electrons. The fourth-order valence-electron chi connectivity index (χ4n) is 3.22. The van der Waals surface area contributed by atoms with Crippen LogP contribution in [0.5, 0.6) is 0 Å². The number of hydrogen-bond donors (Lipinski definition) is 1. The van der Waals surface area contributed by atoms with Crippen LogP contribution in [0.15, 0.2) is 36.7 Å². The zero-order chi connectivity index (χ0) is 14.5. The van der Waals surface area contributed by atoms with Gasteiger partial charge in [0.2, 0.25) is 0 Å². The van der Waals surface area contributed by atoms with Crippen LogP contribution in [0, 0.1) is 0 Å². The molecule has 0 aliphatic carbocycles. The largest absolute Gasteiger partial charge is 0.309 e. The lowest BCUT2D eigenvalue weighted by atomic mass is 10.1. The lowest BCUT2D eigenvalue weighted by Gasteiger charge is -2.29. The first-order valence-corrected chi connectivity index (χ1v) is 8.10. The maximum absolute atomic E-state index is 4.20. The zero-order valence-electron chi connectivity index (χ0n) is 12.9. The van der Waals surface area contributed by atoms with Gasteiger partial charge in [-0.05, 0) is 49.9 Å². The first-order chi connectivity index (χ1) is 10.3. The number of aromatic nitrogens is 1. The Balaban J connectivity index is 1.58. The van der Waals surface area contributed by atoms with E-state index in [0.717, 1.165) is 13.1 Å². The van der Waals surface area contributed by atoms with Crippen molar-refractivity contribution in [2.45, 2.75) is 38.8 Å². The van der Waals surface area contributed by atoms with Gasteiger partial charge in [0.15, 0.2) is 0 Å². The van der Waals surface area contributed by atoms with Crippen LogP contribution in [0.1, 0.15) is 31.7 Å². The average Bonchev–Trinajstić information content (AvgIpc) is 2.54. The second kappa shape index (κ2) is 7.01. The molecule has 1 aliphatic heterocycles. The van der Waals surface area contributed by atoms with Crippen LogP contribution in [0.2, 0.25) is 0 Å². The first kappa shape index (κ1) is 14.5. The molecule has 1 aliphatic rings. The summed E-state index contributed by atoms with van der Waals surface area (Å²) in [5.41, 5.74) is 1.36. The summed E-state index contributed by atoms with van der Waals surface area (Å²) in [5, 5.41) is 6.21. The van der Waals surface area contributed by atoms with Crippen LogP contribution < -0.4 is 5.32 Å². The quantitative estimate of drug-likeness (QED) is 0.913. The van der Waals surface area contributed by atoms with E-state index in [4.69, 9.17) is 0 Å². The monoisotopic (exact) mass is 283 g/mol. The lowest BCUT2D eigenvalue weighted by Crippen LogP contribution is -2.41. The van der Waals surface area contributed by atoms with Crippen molar-refractivity contribution in [2.75, 3.05) is 19.6 Å². The molecule has 1 aromatic heterocycles. The van der Waals surface area contributed by atoms with Crippen LogP contribution in [-0.2, 0) is 6.54 Å². The smallest absolute Gasteiger partial charge is 0.0346 e. The highest BCUT2D eigenvalue weighted by Gasteiger charge is 2.13. The third kappa shape index (κ3) is 3.80. The minimum absolute atomic E-state index is 0.528. The Morgan fingerprint density at radius 3 is 2.90 bits per heavy atom. The van der Waals surface area contributed by atoms with Crippen molar-refractivity contribution in [3.05, 3.63) is 42.2 Å². The fourth-order valence-corrected chi connectivity index (χ4v) is 3.22. The van der Waals surface area contributed by atoms with Gasteiger partial charge in [0.1, 0.15) is 0 Å². The molecule has 3 heteroatoms. The molecule has 1 aromatic carbocycles. The molecule has 1 fully saturated rings. The van der Waals surface area contributed by atoms with Crippen molar-refractivity contribution >= 4 is 10.8 Å². The third-order valence-electron chi connectivity index (χ3n) is 4.39. The molecule has 2 heterocycles. The molecule has 21 heavy (non-hydrogen) atoms. The normalized spacial score (nSPS) is 18.0. The van der Waals surface area contributed by atoms with E-state index in [2.05, 4.69) is 46.4 Å². The SMILES string of the molecule is CC(CN1CCCCC1)NCc1cccc2cnccc12. The van der Waals surface area contributed by atoms with Crippen molar-refractivity contribution in [3.63, 3.8) is 0 Å². The van der Waals surface area contributed by atoms with Crippen molar-refractivity contribution in [2.24, 2.45) is 0 Å². The highest BCUT2D eigenvalue weighted by Crippen LogP contribution is 2.17. The summed E-state index contributed by atoms with van der Waals surface area (Å²) in [4.78, 5) is 6.79. The molecule has 3 rings (SSSR count). The Morgan fingerprint density at radius 1 is 1.19 bits per heavy atom. The van der Waals surface area contributed by atoms with Gasteiger partial charge in [-0.15, -0.1) is 0 Å². The van der Waals surface area contributed by atoms with Crippen LogP contribution in [0.25, 0.3) is 10.8 Å². The summed E-state index contributed by atoms with van der Waals surface area (Å²) < 4.78 is 0. The van der Waals surface area contributed by atoms with E-state index in [-0.39, 0.29) is 0 Å². The molecular weight excluding hydrogens is 258 g/mol. The highest BCUT2D eigenvalue weighted by atomic mass is 15.1. The Kier molecular flexibility index (Phi) is 4.84. The molecule has 1 unspecified atom stereocenters. The Hall–Kier alpha value is -1.45. The van der Waals surface area contributed by atoms with E-state index in [1.807, 2.05) is 12.4 Å². The number of nitrogens with one attached hydrogen (secondary N) is 1. The topological polar surface area (TPSA) is 28.2 Å². The van der Waals surface area contributed by atoms with Gasteiger partial charge in [-0.2, -0.15) is 0 Å². The first-order valence-electron chi connectivity index (χ1n) is 8.10. The molecule has 0 bridgehead atoms. The number of rotatable bonds is 5. The summed E-state index contributed by atoms with van der Waals surface area (Å²) in [5.74, 6) is 0. The van der Waals surface area contributed by atoms with Gasteiger partial charge in [-0.1, -0.05) is 24.6 Å². The number of likely N-dealkylation sites (tertiary alicyclic amines) is 1. The molecule has 0 amide bonds. The van der Waals surface area contributed by atoms with E-state index in [9.17, 15) is 0 Å². The minimum atomic E-state index is 0.528. The molecule has 2 aromatic rings. The van der Waals surface area contributed by atoms with Gasteiger partial charge in [-0.3, -0.25) is 4.98 Å². The fraction of sp³-hybridized carbons (Fsp3) is 0.500. The number of benzene rings is 1. The maximum Gasteiger partial charge on any atom is 0.0346 e. The van der Waals surface area contributed by atoms with E-state index in [1.165, 1.54) is 48.7 Å². The third-order valence-corrected chi connectivity index (χ3v) is 4.39. The molecule has 3 nitrogen and oxygen atoms in total. The standard InChI is InChI=1S/C18H25N3/c1-15(14-21-10-3-2-4-11-21)20-13-17-7-5-6-16-12-19-9-8-18(16)17/h5-9,12,15,20H,2-4,10-11,13-14H2,1H3. The van der Waals surface area contributed by atoms with Crippen LogP contribution in [0.3, 0.4) is 0 Å². The number of hydrogen-bond acceptors (Lipinski definition) is 3. The second-order valence-electron chi connectivity index (χ2n) is 6.16.